The molecule has 4 aliphatic carbocycles. The van der Waals surface area contributed by atoms with Crippen LogP contribution in [-0.2, 0) is 11.2 Å². The van der Waals surface area contributed by atoms with Crippen molar-refractivity contribution in [1.82, 2.24) is 0 Å². The Balaban J connectivity index is 1.19. The van der Waals surface area contributed by atoms with Crippen LogP contribution in [-0.4, -0.2) is 23.3 Å². The largest absolute Gasteiger partial charge is 0.393 e. The van der Waals surface area contributed by atoms with Crippen molar-refractivity contribution in [3.63, 3.8) is 0 Å². The van der Waals surface area contributed by atoms with Gasteiger partial charge in [0.2, 0.25) is 5.91 Å². The van der Waals surface area contributed by atoms with Crippen LogP contribution in [0.4, 0.5) is 5.69 Å². The number of nitrogens with zero attached hydrogens (tertiary/aromatic N) is 1. The minimum absolute atomic E-state index is 0.0493. The first-order valence-corrected chi connectivity index (χ1v) is 13.4. The van der Waals surface area contributed by atoms with Crippen molar-refractivity contribution in [1.29, 1.82) is 0 Å². The Morgan fingerprint density at radius 3 is 2.49 bits per heavy atom. The SMILES string of the molecule is O=C(Nc1ccccc1)C12CCC(C(O)CC3c4ccccc4CC4=CN=CCCC43)(CC1)CC2. The van der Waals surface area contributed by atoms with Gasteiger partial charge in [-0.1, -0.05) is 42.5 Å². The van der Waals surface area contributed by atoms with Crippen LogP contribution in [0, 0.1) is 16.7 Å². The summed E-state index contributed by atoms with van der Waals surface area (Å²) < 4.78 is 0. The van der Waals surface area contributed by atoms with Gasteiger partial charge in [0.05, 0.1) is 6.10 Å². The molecule has 0 spiro atoms. The quantitative estimate of drug-likeness (QED) is 0.532. The summed E-state index contributed by atoms with van der Waals surface area (Å²) in [7, 11) is 0. The molecular formula is C31H36N2O2. The topological polar surface area (TPSA) is 61.7 Å². The number of benzene rings is 2. The maximum absolute atomic E-state index is 13.3. The zero-order valence-corrected chi connectivity index (χ0v) is 20.5. The first kappa shape index (κ1) is 22.7. The molecule has 3 atom stereocenters. The summed E-state index contributed by atoms with van der Waals surface area (Å²) in [5.41, 5.74) is 4.80. The Morgan fingerprint density at radius 1 is 1.00 bits per heavy atom. The average Bonchev–Trinajstić information content (AvgIpc) is 3.15. The van der Waals surface area contributed by atoms with Crippen molar-refractivity contribution < 1.29 is 9.90 Å². The van der Waals surface area contributed by atoms with E-state index >= 15 is 0 Å². The number of aliphatic hydroxyl groups is 1. The predicted octanol–water partition coefficient (Wildman–Crippen LogP) is 6.42. The molecule has 2 bridgehead atoms. The highest BCUT2D eigenvalue weighted by Gasteiger charge is 2.55. The molecular weight excluding hydrogens is 432 g/mol. The number of aliphatic hydroxyl groups excluding tert-OH is 1. The molecule has 2 aromatic rings. The van der Waals surface area contributed by atoms with Gasteiger partial charge >= 0.3 is 0 Å². The lowest BCUT2D eigenvalue weighted by Crippen LogP contribution is -2.52. The van der Waals surface area contributed by atoms with Crippen LogP contribution < -0.4 is 5.32 Å². The van der Waals surface area contributed by atoms with E-state index in [1.807, 2.05) is 36.5 Å². The van der Waals surface area contributed by atoms with E-state index in [9.17, 15) is 9.90 Å². The summed E-state index contributed by atoms with van der Waals surface area (Å²) in [6, 6.07) is 18.6. The zero-order valence-electron chi connectivity index (χ0n) is 20.5. The molecule has 4 nitrogen and oxygen atoms in total. The number of carbonyl (C=O) groups excluding carboxylic acids is 1. The van der Waals surface area contributed by atoms with Gasteiger partial charge in [-0.25, -0.2) is 0 Å². The lowest BCUT2D eigenvalue weighted by molar-refractivity contribution is -0.142. The van der Waals surface area contributed by atoms with Gasteiger partial charge in [0.25, 0.3) is 0 Å². The average molecular weight is 469 g/mol. The minimum Gasteiger partial charge on any atom is -0.393 e. The summed E-state index contributed by atoms with van der Waals surface area (Å²) in [4.78, 5) is 17.8. The number of hydrogen-bond acceptors (Lipinski definition) is 3. The summed E-state index contributed by atoms with van der Waals surface area (Å²) >= 11 is 0. The molecule has 4 heteroatoms. The van der Waals surface area contributed by atoms with Gasteiger partial charge in [-0.05, 0) is 110 Å². The Kier molecular flexibility index (Phi) is 5.88. The van der Waals surface area contributed by atoms with Crippen molar-refractivity contribution in [2.75, 3.05) is 5.32 Å². The van der Waals surface area contributed by atoms with Crippen molar-refractivity contribution in [2.24, 2.45) is 21.7 Å². The first-order chi connectivity index (χ1) is 17.1. The van der Waals surface area contributed by atoms with Crippen LogP contribution in [0.25, 0.3) is 0 Å². The molecule has 3 saturated carbocycles. The van der Waals surface area contributed by atoms with E-state index in [2.05, 4.69) is 40.8 Å². The van der Waals surface area contributed by atoms with Gasteiger partial charge in [-0.2, -0.15) is 0 Å². The van der Waals surface area contributed by atoms with Gasteiger partial charge in [0.1, 0.15) is 0 Å². The van der Waals surface area contributed by atoms with E-state index in [1.165, 1.54) is 16.7 Å². The third-order valence-corrected chi connectivity index (χ3v) is 9.77. The molecule has 2 aromatic carbocycles. The number of fused-ring (bicyclic) bond motifs is 5. The highest BCUT2D eigenvalue weighted by molar-refractivity contribution is 5.95. The molecule has 7 rings (SSSR count). The van der Waals surface area contributed by atoms with Crippen molar-refractivity contribution in [2.45, 2.75) is 76.2 Å². The third-order valence-electron chi connectivity index (χ3n) is 9.77. The van der Waals surface area contributed by atoms with Crippen LogP contribution in [0.5, 0.6) is 0 Å². The van der Waals surface area contributed by atoms with E-state index in [1.54, 1.807) is 0 Å². The Bertz CT molecular complexity index is 1130. The molecule has 3 fully saturated rings. The van der Waals surface area contributed by atoms with Gasteiger partial charge in [-0.3, -0.25) is 9.79 Å². The smallest absolute Gasteiger partial charge is 0.230 e. The molecule has 1 amide bonds. The van der Waals surface area contributed by atoms with Crippen molar-refractivity contribution >= 4 is 17.8 Å². The number of aliphatic imine (C=N–C) groups is 1. The van der Waals surface area contributed by atoms with Gasteiger partial charge in [0.15, 0.2) is 0 Å². The minimum atomic E-state index is -0.334. The Morgan fingerprint density at radius 2 is 1.71 bits per heavy atom. The van der Waals surface area contributed by atoms with Crippen LogP contribution in [0.2, 0.25) is 0 Å². The standard InChI is InChI=1S/C31H36N2O2/c34-28(20-27-25-10-5-4-7-22(25)19-23-21-32-18-6-11-26(23)27)30-12-15-31(16-13-30,17-14-30)29(35)33-24-8-2-1-3-9-24/h1-5,7-10,18,21,26-28,34H,6,11-17,19-20H2,(H,33,35). The predicted molar refractivity (Wildman–Crippen MR) is 140 cm³/mol. The highest BCUT2D eigenvalue weighted by Crippen LogP contribution is 2.60. The second-order valence-corrected chi connectivity index (χ2v) is 11.4. The van der Waals surface area contributed by atoms with E-state index in [0.29, 0.717) is 11.8 Å². The lowest BCUT2D eigenvalue weighted by atomic mass is 9.51. The van der Waals surface area contributed by atoms with E-state index in [-0.39, 0.29) is 22.8 Å². The monoisotopic (exact) mass is 468 g/mol. The zero-order chi connectivity index (χ0) is 23.9. The summed E-state index contributed by atoms with van der Waals surface area (Å²) in [5, 5.41) is 15.0. The number of nitrogens with one attached hydrogen (secondary N) is 1. The maximum Gasteiger partial charge on any atom is 0.230 e. The normalized spacial score (nSPS) is 32.1. The van der Waals surface area contributed by atoms with E-state index < -0.39 is 0 Å². The molecule has 2 N–H and O–H groups in total. The summed E-state index contributed by atoms with van der Waals surface area (Å²) in [5.74, 6) is 0.967. The molecule has 5 aliphatic rings. The fraction of sp³-hybridized carbons (Fsp3) is 0.484. The number of rotatable bonds is 5. The molecule has 0 saturated heterocycles. The second kappa shape index (κ2) is 9.05. The fourth-order valence-corrected chi connectivity index (χ4v) is 7.51. The lowest BCUT2D eigenvalue weighted by Gasteiger charge is -2.55. The number of hydrogen-bond donors (Lipinski definition) is 2. The molecule has 1 heterocycles. The van der Waals surface area contributed by atoms with Crippen LogP contribution in [0.3, 0.4) is 0 Å². The fourth-order valence-electron chi connectivity index (χ4n) is 7.51. The van der Waals surface area contributed by atoms with Gasteiger partial charge < -0.3 is 10.4 Å². The molecule has 1 aliphatic heterocycles. The number of carbonyl (C=O) groups is 1. The van der Waals surface area contributed by atoms with Crippen molar-refractivity contribution in [3.8, 4) is 0 Å². The van der Waals surface area contributed by atoms with Crippen LogP contribution in [0.15, 0.2) is 71.4 Å². The van der Waals surface area contributed by atoms with E-state index in [0.717, 1.165) is 69.9 Å². The van der Waals surface area contributed by atoms with Gasteiger partial charge in [-0.15, -0.1) is 0 Å². The maximum atomic E-state index is 13.3. The Labute approximate surface area is 208 Å². The molecule has 182 valence electrons. The number of amides is 1. The summed E-state index contributed by atoms with van der Waals surface area (Å²) in [6.07, 6.45) is 13.2. The molecule has 3 unspecified atom stereocenters. The molecule has 0 aromatic heterocycles. The van der Waals surface area contributed by atoms with Crippen molar-refractivity contribution in [3.05, 3.63) is 77.5 Å². The highest BCUT2D eigenvalue weighted by atomic mass is 16.3. The first-order valence-electron chi connectivity index (χ1n) is 13.4. The van der Waals surface area contributed by atoms with Crippen LogP contribution >= 0.6 is 0 Å². The molecule has 35 heavy (non-hydrogen) atoms. The number of para-hydroxylation sites is 1. The summed E-state index contributed by atoms with van der Waals surface area (Å²) in [6.45, 7) is 0. The Hall–Kier alpha value is -2.72. The van der Waals surface area contributed by atoms with E-state index in [4.69, 9.17) is 0 Å². The third kappa shape index (κ3) is 4.06. The molecule has 0 radical (unpaired) electrons. The second-order valence-electron chi connectivity index (χ2n) is 11.4. The number of allylic oxidation sites excluding steroid dienone is 1. The van der Waals surface area contributed by atoms with Crippen LogP contribution in [0.1, 0.15) is 74.8 Å². The number of anilines is 1. The van der Waals surface area contributed by atoms with Gasteiger partial charge in [0, 0.05) is 23.5 Å².